The van der Waals surface area contributed by atoms with E-state index in [0.29, 0.717) is 12.6 Å². The third-order valence-corrected chi connectivity index (χ3v) is 16.2. The van der Waals surface area contributed by atoms with Gasteiger partial charge in [0.25, 0.3) is 0 Å². The molecule has 6 rings (SSSR count). The van der Waals surface area contributed by atoms with Crippen LogP contribution < -0.4 is 59.0 Å². The van der Waals surface area contributed by atoms with Crippen molar-refractivity contribution in [3.8, 4) is 5.75 Å². The molecule has 1 aliphatic heterocycles. The molecule has 9 heteroatoms. The fourth-order valence-corrected chi connectivity index (χ4v) is 12.5. The fraction of sp³-hybridized carbons (Fsp3) is 0.179. The van der Waals surface area contributed by atoms with Crippen LogP contribution in [0.2, 0.25) is 0 Å². The Morgan fingerprint density at radius 1 is 0.708 bits per heavy atom. The second-order valence-corrected chi connectivity index (χ2v) is 18.4. The van der Waals surface area contributed by atoms with Crippen LogP contribution in [0, 0.1) is 0 Å². The molecule has 0 aromatic heterocycles. The van der Waals surface area contributed by atoms with Gasteiger partial charge in [-0.2, -0.15) is 0 Å². The van der Waals surface area contributed by atoms with Gasteiger partial charge >= 0.3 is 218 Å². The number of benzene rings is 5. The van der Waals surface area contributed by atoms with Crippen molar-refractivity contribution < 1.29 is 26.7 Å². The zero-order valence-corrected chi connectivity index (χ0v) is 30.0. The van der Waals surface area contributed by atoms with Gasteiger partial charge in [-0.1, -0.05) is 30.3 Å². The number of nitrogens with one attached hydrogen (secondary N) is 3. The molecule has 1 atom stereocenters. The van der Waals surface area contributed by atoms with Gasteiger partial charge in [0.1, 0.15) is 0 Å². The average molecular weight is 743 g/mol. The predicted octanol–water partition coefficient (Wildman–Crippen LogP) is 1.72. The summed E-state index contributed by atoms with van der Waals surface area (Å²) in [4.78, 5) is 7.95. The molecule has 248 valence electrons. The Kier molecular flexibility index (Phi) is 11.9. The van der Waals surface area contributed by atoms with Gasteiger partial charge in [0, 0.05) is 6.42 Å². The number of hydrogen-bond donors (Lipinski definition) is 4. The predicted molar refractivity (Wildman–Crippen MR) is 199 cm³/mol. The van der Waals surface area contributed by atoms with Crippen LogP contribution in [0.5, 0.6) is 5.75 Å². The van der Waals surface area contributed by atoms with E-state index < -0.39 is 5.96 Å². The number of nitrogens with zero attached hydrogens (tertiary/aromatic N) is 1. The second-order valence-electron chi connectivity index (χ2n) is 11.8. The fourth-order valence-electron chi connectivity index (χ4n) is 6.23. The van der Waals surface area contributed by atoms with Gasteiger partial charge in [0.2, 0.25) is 0 Å². The molecule has 1 unspecified atom stereocenters. The number of nitrogens with two attached hydrogens (primary N) is 1. The summed E-state index contributed by atoms with van der Waals surface area (Å²) in [5, 5.41) is 10.1. The van der Waals surface area contributed by atoms with Crippen molar-refractivity contribution in [2.75, 3.05) is 19.3 Å². The Hall–Kier alpha value is -4.16. The summed E-state index contributed by atoms with van der Waals surface area (Å²) >= 11 is 8.19. The van der Waals surface area contributed by atoms with Crippen LogP contribution in [-0.2, 0) is 6.42 Å². The summed E-state index contributed by atoms with van der Waals surface area (Å²) in [5.41, 5.74) is 8.39. The van der Waals surface area contributed by atoms with Crippen LogP contribution in [0.4, 0.5) is 0 Å². The van der Waals surface area contributed by atoms with E-state index in [4.69, 9.17) is 21.7 Å². The first-order valence-corrected chi connectivity index (χ1v) is 19.5. The van der Waals surface area contributed by atoms with Crippen LogP contribution >= 0.6 is 17.2 Å². The molecule has 6 nitrogen and oxygen atoms in total. The summed E-state index contributed by atoms with van der Waals surface area (Å²) in [6.07, 6.45) is 3.24. The van der Waals surface area contributed by atoms with Crippen LogP contribution in [0.25, 0.3) is 0 Å². The Morgan fingerprint density at radius 3 is 1.77 bits per heavy atom. The monoisotopic (exact) mass is 741 g/mol. The summed E-state index contributed by atoms with van der Waals surface area (Å²) in [7, 11) is 0. The van der Waals surface area contributed by atoms with E-state index in [1.807, 2.05) is 30.3 Å². The zero-order valence-electron chi connectivity index (χ0n) is 26.8. The Labute approximate surface area is 299 Å². The van der Waals surface area contributed by atoms with E-state index in [-0.39, 0.29) is 23.1 Å². The van der Waals surface area contributed by atoms with E-state index in [9.17, 15) is 0 Å². The van der Waals surface area contributed by atoms with Crippen molar-refractivity contribution >= 4 is 45.0 Å². The minimum atomic E-state index is -3.26. The molecule has 5 aromatic carbocycles. The molecule has 0 radical (unpaired) electrons. The van der Waals surface area contributed by atoms with Crippen molar-refractivity contribution in [2.45, 2.75) is 25.4 Å². The topological polar surface area (TPSA) is 85.6 Å². The standard InChI is InChI=1S/C39H41ClN5OP.BrH/c40-47(34-17-7-2-8-18-34,35-19-9-3-10-20-35,36-21-11-4-12-22-36)30-14-13-29-46-33-25-23-32(24-26-33)37-43-38(41)45-39(44-37)42-28-27-31-15-5-1-6-16-31;/h1-12,15-26,37H,13-14,27-30H2,(H4,41,42,43,44,45);1H. The van der Waals surface area contributed by atoms with Gasteiger partial charge in [-0.25, -0.2) is 5.32 Å². The molecular weight excluding hydrogens is 701 g/mol. The molecule has 0 spiro atoms. The smallest absolute Gasteiger partial charge is 1.00 e. The van der Waals surface area contributed by atoms with E-state index in [2.05, 4.69) is 136 Å². The molecule has 0 saturated heterocycles. The van der Waals surface area contributed by atoms with E-state index in [1.165, 1.54) is 21.5 Å². The van der Waals surface area contributed by atoms with Crippen LogP contribution in [0.15, 0.2) is 151 Å². The molecule has 0 fully saturated rings. The second kappa shape index (κ2) is 16.3. The molecule has 1 aliphatic rings. The number of aliphatic imine (C=N–C) groups is 1. The summed E-state index contributed by atoms with van der Waals surface area (Å²) in [6.45, 7) is 1.36. The number of hydrogen-bond acceptors (Lipinski definition) is 3. The van der Waals surface area contributed by atoms with Gasteiger partial charge < -0.3 is 22.7 Å². The van der Waals surface area contributed by atoms with Crippen LogP contribution in [0.1, 0.15) is 30.1 Å². The first-order chi connectivity index (χ1) is 23.0. The van der Waals surface area contributed by atoms with Gasteiger partial charge in [0.15, 0.2) is 0 Å². The molecule has 5 N–H and O–H groups in total. The number of guanidine groups is 2. The molecule has 5 aromatic rings. The maximum absolute atomic E-state index is 8.19. The van der Waals surface area contributed by atoms with E-state index >= 15 is 0 Å². The minimum absolute atomic E-state index is 0. The number of rotatable bonds is 13. The SMILES string of the molecule is NC1=NC(c2ccc(OCCCCP(Cl)(c3ccccc3)(c3ccccc3)c3ccccc3)cc2)NC(=[NH+]CCc2ccccc2)N1.[Br-]. The van der Waals surface area contributed by atoms with Crippen LogP contribution in [-0.4, -0.2) is 31.2 Å². The number of ether oxygens (including phenoxy) is 1. The molecule has 48 heavy (non-hydrogen) atoms. The van der Waals surface area contributed by atoms with Gasteiger partial charge in [-0.15, -0.1) is 0 Å². The third-order valence-electron chi connectivity index (χ3n) is 8.68. The zero-order chi connectivity index (χ0) is 32.4. The molecule has 1 heterocycles. The van der Waals surface area contributed by atoms with E-state index in [0.717, 1.165) is 49.2 Å². The maximum atomic E-state index is 8.19. The molecular formula is C39H42BrClN5OP. The summed E-state index contributed by atoms with van der Waals surface area (Å²) < 4.78 is 6.21. The summed E-state index contributed by atoms with van der Waals surface area (Å²) in [6, 6.07) is 50.3. The van der Waals surface area contributed by atoms with E-state index in [1.54, 1.807) is 0 Å². The molecule has 0 saturated carbocycles. The first kappa shape index (κ1) is 35.2. The quantitative estimate of drug-likeness (QED) is 0.110. The van der Waals surface area contributed by atoms with Crippen molar-refractivity contribution in [3.63, 3.8) is 0 Å². The first-order valence-electron chi connectivity index (χ1n) is 16.2. The Balaban J connectivity index is 0.00000451. The van der Waals surface area contributed by atoms with Crippen molar-refractivity contribution in [3.05, 3.63) is 157 Å². The average Bonchev–Trinajstić information content (AvgIpc) is 3.13. The third kappa shape index (κ3) is 7.92. The minimum Gasteiger partial charge on any atom is -1.00 e. The van der Waals surface area contributed by atoms with Gasteiger partial charge in [0.05, 0.1) is 6.54 Å². The van der Waals surface area contributed by atoms with Crippen LogP contribution in [0.3, 0.4) is 0 Å². The summed E-state index contributed by atoms with van der Waals surface area (Å²) in [5.74, 6) is -1.32. The Bertz CT molecular complexity index is 1690. The molecule has 0 bridgehead atoms. The Morgan fingerprint density at radius 2 is 1.23 bits per heavy atom. The normalized spacial score (nSPS) is 15.9. The van der Waals surface area contributed by atoms with Crippen molar-refractivity contribution in [1.82, 2.24) is 10.6 Å². The molecule has 0 amide bonds. The van der Waals surface area contributed by atoms with Gasteiger partial charge in [-0.3, -0.25) is 4.99 Å². The van der Waals surface area contributed by atoms with Gasteiger partial charge in [-0.05, 0) is 5.56 Å². The molecule has 0 aliphatic carbocycles. The number of halogens is 2. The van der Waals surface area contributed by atoms with Crippen molar-refractivity contribution in [2.24, 2.45) is 10.7 Å². The van der Waals surface area contributed by atoms with Crippen molar-refractivity contribution in [1.29, 1.82) is 0 Å². The number of unbranched alkanes of at least 4 members (excludes halogenated alkanes) is 1.